The highest BCUT2D eigenvalue weighted by Crippen LogP contribution is 2.13. The van der Waals surface area contributed by atoms with Gasteiger partial charge in [-0.15, -0.1) is 0 Å². The number of hydrogen-bond acceptors (Lipinski definition) is 3. The van der Waals surface area contributed by atoms with Crippen molar-refractivity contribution in [1.82, 2.24) is 5.32 Å². The van der Waals surface area contributed by atoms with E-state index < -0.39 is 4.92 Å². The van der Waals surface area contributed by atoms with Crippen LogP contribution in [0.2, 0.25) is 0 Å². The van der Waals surface area contributed by atoms with Gasteiger partial charge in [-0.3, -0.25) is 14.9 Å². The first-order valence-electron chi connectivity index (χ1n) is 5.76. The third-order valence-corrected chi connectivity index (χ3v) is 2.51. The minimum atomic E-state index is -0.462. The number of hydrogen-bond donors (Lipinski definition) is 1. The van der Waals surface area contributed by atoms with E-state index in [1.165, 1.54) is 18.2 Å². The number of nitro benzene ring substituents is 1. The molecule has 0 aliphatic heterocycles. The molecule has 0 radical (unpaired) electrons. The molecule has 1 rings (SSSR count). The van der Waals surface area contributed by atoms with E-state index in [1.54, 1.807) is 18.2 Å². The molecule has 0 aromatic heterocycles. The normalized spacial score (nSPS) is 12.3. The first kappa shape index (κ1) is 13.9. The van der Waals surface area contributed by atoms with Crippen molar-refractivity contribution in [1.29, 1.82) is 0 Å². The average Bonchev–Trinajstić information content (AvgIpc) is 2.36. The van der Waals surface area contributed by atoms with Crippen molar-refractivity contribution in [3.8, 4) is 0 Å². The van der Waals surface area contributed by atoms with E-state index in [0.29, 0.717) is 5.56 Å². The molecule has 0 spiro atoms. The molecule has 0 aliphatic carbocycles. The molecule has 96 valence electrons. The molecular weight excluding hydrogens is 232 g/mol. The molecule has 1 aromatic carbocycles. The van der Waals surface area contributed by atoms with Gasteiger partial charge in [-0.2, -0.15) is 0 Å². The highest BCUT2D eigenvalue weighted by molar-refractivity contribution is 5.91. The van der Waals surface area contributed by atoms with E-state index in [4.69, 9.17) is 0 Å². The molecule has 0 fully saturated rings. The Kier molecular flexibility index (Phi) is 5.05. The number of non-ortho nitro benzene ring substituents is 1. The first-order chi connectivity index (χ1) is 8.52. The predicted molar refractivity (Wildman–Crippen MR) is 70.0 cm³/mol. The summed E-state index contributed by atoms with van der Waals surface area (Å²) in [5.74, 6) is -0.198. The number of benzene rings is 1. The van der Waals surface area contributed by atoms with Gasteiger partial charge in [0.05, 0.1) is 4.92 Å². The van der Waals surface area contributed by atoms with Crippen LogP contribution in [0.3, 0.4) is 0 Å². The highest BCUT2D eigenvalue weighted by atomic mass is 16.6. The van der Waals surface area contributed by atoms with Crippen LogP contribution in [0.25, 0.3) is 6.08 Å². The fourth-order valence-corrected chi connectivity index (χ4v) is 1.31. The van der Waals surface area contributed by atoms with Crippen LogP contribution < -0.4 is 5.32 Å². The van der Waals surface area contributed by atoms with Gasteiger partial charge >= 0.3 is 0 Å². The van der Waals surface area contributed by atoms with Crippen LogP contribution in [0.1, 0.15) is 25.8 Å². The van der Waals surface area contributed by atoms with E-state index in [9.17, 15) is 14.9 Å². The third-order valence-electron chi connectivity index (χ3n) is 2.51. The Balaban J connectivity index is 2.69. The molecule has 0 unspecified atom stereocenters. The molecular formula is C13H16N2O3. The summed E-state index contributed by atoms with van der Waals surface area (Å²) in [6.45, 7) is 3.90. The van der Waals surface area contributed by atoms with Crippen LogP contribution in [-0.4, -0.2) is 16.9 Å². The molecule has 0 heterocycles. The van der Waals surface area contributed by atoms with E-state index >= 15 is 0 Å². The van der Waals surface area contributed by atoms with Crippen molar-refractivity contribution in [2.75, 3.05) is 0 Å². The van der Waals surface area contributed by atoms with Crippen molar-refractivity contribution in [2.45, 2.75) is 26.3 Å². The summed E-state index contributed by atoms with van der Waals surface area (Å²) in [6.07, 6.45) is 3.80. The van der Waals surface area contributed by atoms with E-state index in [-0.39, 0.29) is 17.6 Å². The second-order valence-electron chi connectivity index (χ2n) is 4.00. The van der Waals surface area contributed by atoms with E-state index in [2.05, 4.69) is 5.32 Å². The van der Waals surface area contributed by atoms with Gasteiger partial charge in [0, 0.05) is 24.3 Å². The lowest BCUT2D eigenvalue weighted by atomic mass is 10.2. The first-order valence-corrected chi connectivity index (χ1v) is 5.76. The van der Waals surface area contributed by atoms with Gasteiger partial charge in [0.25, 0.3) is 5.69 Å². The summed E-state index contributed by atoms with van der Waals surface area (Å²) in [5, 5.41) is 13.4. The van der Waals surface area contributed by atoms with E-state index in [1.807, 2.05) is 13.8 Å². The summed E-state index contributed by atoms with van der Waals surface area (Å²) < 4.78 is 0. The van der Waals surface area contributed by atoms with Crippen LogP contribution in [0, 0.1) is 10.1 Å². The zero-order chi connectivity index (χ0) is 13.5. The zero-order valence-corrected chi connectivity index (χ0v) is 10.4. The maximum absolute atomic E-state index is 11.5. The monoisotopic (exact) mass is 248 g/mol. The maximum Gasteiger partial charge on any atom is 0.270 e. The number of nitrogens with zero attached hydrogens (tertiary/aromatic N) is 1. The van der Waals surface area contributed by atoms with Crippen LogP contribution >= 0.6 is 0 Å². The Bertz CT molecular complexity index is 469. The van der Waals surface area contributed by atoms with Crippen molar-refractivity contribution in [2.24, 2.45) is 0 Å². The van der Waals surface area contributed by atoms with Gasteiger partial charge in [0.15, 0.2) is 0 Å². The van der Waals surface area contributed by atoms with Gasteiger partial charge in [-0.25, -0.2) is 0 Å². The molecule has 1 amide bonds. The summed E-state index contributed by atoms with van der Waals surface area (Å²) >= 11 is 0. The van der Waals surface area contributed by atoms with Crippen molar-refractivity contribution < 1.29 is 9.72 Å². The maximum atomic E-state index is 11.5. The number of rotatable bonds is 5. The molecule has 5 nitrogen and oxygen atoms in total. The molecule has 1 aromatic rings. The quantitative estimate of drug-likeness (QED) is 0.494. The topological polar surface area (TPSA) is 72.2 Å². The van der Waals surface area contributed by atoms with Gasteiger partial charge < -0.3 is 5.32 Å². The molecule has 0 saturated heterocycles. The molecule has 5 heteroatoms. The Morgan fingerprint density at radius 3 is 2.89 bits per heavy atom. The molecule has 18 heavy (non-hydrogen) atoms. The average molecular weight is 248 g/mol. The minimum absolute atomic E-state index is 0.0134. The summed E-state index contributed by atoms with van der Waals surface area (Å²) in [5.41, 5.74) is 0.642. The smallest absolute Gasteiger partial charge is 0.270 e. The Hall–Kier alpha value is -2.17. The van der Waals surface area contributed by atoms with Crippen LogP contribution in [-0.2, 0) is 4.79 Å². The lowest BCUT2D eigenvalue weighted by Crippen LogP contribution is -2.30. The highest BCUT2D eigenvalue weighted by Gasteiger charge is 2.04. The molecule has 0 aliphatic rings. The van der Waals surface area contributed by atoms with Crippen molar-refractivity contribution in [3.05, 3.63) is 46.0 Å². The number of nitro groups is 1. The number of amides is 1. The minimum Gasteiger partial charge on any atom is -0.350 e. The molecule has 0 bridgehead atoms. The lowest BCUT2D eigenvalue weighted by Gasteiger charge is -2.08. The SMILES string of the molecule is CC[C@@H](C)NC(=O)/C=C/c1cccc([N+](=O)[O-])c1. The second-order valence-corrected chi connectivity index (χ2v) is 4.00. The van der Waals surface area contributed by atoms with Gasteiger partial charge in [-0.05, 0) is 25.0 Å². The fourth-order valence-electron chi connectivity index (χ4n) is 1.31. The van der Waals surface area contributed by atoms with Crippen molar-refractivity contribution >= 4 is 17.7 Å². The zero-order valence-electron chi connectivity index (χ0n) is 10.4. The summed E-state index contributed by atoms with van der Waals surface area (Å²) in [6, 6.07) is 6.25. The standard InChI is InChI=1S/C13H16N2O3/c1-3-10(2)14-13(16)8-7-11-5-4-6-12(9-11)15(17)18/h4-10H,3H2,1-2H3,(H,14,16)/b8-7+/t10-/m1/s1. The number of nitrogens with one attached hydrogen (secondary N) is 1. The lowest BCUT2D eigenvalue weighted by molar-refractivity contribution is -0.384. The Morgan fingerprint density at radius 2 is 2.28 bits per heavy atom. The van der Waals surface area contributed by atoms with E-state index in [0.717, 1.165) is 6.42 Å². The molecule has 1 atom stereocenters. The van der Waals surface area contributed by atoms with Gasteiger partial charge in [0.1, 0.15) is 0 Å². The fraction of sp³-hybridized carbons (Fsp3) is 0.308. The Morgan fingerprint density at radius 1 is 1.56 bits per heavy atom. The Labute approximate surface area is 106 Å². The second kappa shape index (κ2) is 6.54. The van der Waals surface area contributed by atoms with Crippen molar-refractivity contribution in [3.63, 3.8) is 0 Å². The molecule has 1 N–H and O–H groups in total. The summed E-state index contributed by atoms with van der Waals surface area (Å²) in [7, 11) is 0. The number of carbonyl (C=O) groups is 1. The number of carbonyl (C=O) groups excluding carboxylic acids is 1. The van der Waals surface area contributed by atoms with Gasteiger partial charge in [-0.1, -0.05) is 19.1 Å². The molecule has 0 saturated carbocycles. The van der Waals surface area contributed by atoms with Crippen LogP contribution in [0.4, 0.5) is 5.69 Å². The summed E-state index contributed by atoms with van der Waals surface area (Å²) in [4.78, 5) is 21.6. The third kappa shape index (κ3) is 4.37. The largest absolute Gasteiger partial charge is 0.350 e. The van der Waals surface area contributed by atoms with Crippen LogP contribution in [0.5, 0.6) is 0 Å². The van der Waals surface area contributed by atoms with Crippen LogP contribution in [0.15, 0.2) is 30.3 Å². The predicted octanol–water partition coefficient (Wildman–Crippen LogP) is 2.52. The van der Waals surface area contributed by atoms with Gasteiger partial charge in [0.2, 0.25) is 5.91 Å².